The number of halogens is 6. The van der Waals surface area contributed by atoms with Crippen LogP contribution < -0.4 is 0 Å². The molecular formula is C31H38F6O4. The number of carbonyl (C=O) groups excluding carboxylic acids is 2. The van der Waals surface area contributed by atoms with Gasteiger partial charge in [0.2, 0.25) is 5.41 Å². The average molecular weight is 589 g/mol. The molecule has 228 valence electrons. The van der Waals surface area contributed by atoms with Crippen molar-refractivity contribution in [3.8, 4) is 0 Å². The van der Waals surface area contributed by atoms with Crippen molar-refractivity contribution in [1.29, 1.82) is 0 Å². The smallest absolute Gasteiger partial charge is 0.411 e. The van der Waals surface area contributed by atoms with Crippen LogP contribution in [0.15, 0.2) is 48.5 Å². The molecule has 0 aliphatic heterocycles. The van der Waals surface area contributed by atoms with Crippen molar-refractivity contribution in [2.75, 3.05) is 13.2 Å². The molecule has 0 bridgehead atoms. The third-order valence-corrected chi connectivity index (χ3v) is 6.91. The van der Waals surface area contributed by atoms with E-state index in [1.807, 2.05) is 13.8 Å². The van der Waals surface area contributed by atoms with Crippen LogP contribution in [0.25, 0.3) is 0 Å². The van der Waals surface area contributed by atoms with Gasteiger partial charge in [0.05, 0.1) is 24.3 Å². The summed E-state index contributed by atoms with van der Waals surface area (Å²) < 4.78 is 100.0. The molecule has 0 radical (unpaired) electrons. The number of carbonyl (C=O) groups is 2. The molecule has 2 rings (SSSR count). The lowest BCUT2D eigenvalue weighted by Crippen LogP contribution is -2.56. The third-order valence-electron chi connectivity index (χ3n) is 6.91. The van der Waals surface area contributed by atoms with Gasteiger partial charge in [0.15, 0.2) is 0 Å². The normalized spacial score (nSPS) is 12.3. The molecule has 0 amide bonds. The maximum absolute atomic E-state index is 15.0. The minimum Gasteiger partial charge on any atom is -0.462 e. The monoisotopic (exact) mass is 588 g/mol. The average Bonchev–Trinajstić information content (AvgIpc) is 2.91. The van der Waals surface area contributed by atoms with E-state index in [4.69, 9.17) is 9.47 Å². The van der Waals surface area contributed by atoms with E-state index >= 15 is 0 Å². The Labute approximate surface area is 237 Å². The van der Waals surface area contributed by atoms with Gasteiger partial charge in [0.1, 0.15) is 0 Å². The van der Waals surface area contributed by atoms with Crippen molar-refractivity contribution in [2.45, 2.75) is 95.8 Å². The second kappa shape index (κ2) is 15.8. The fourth-order valence-corrected chi connectivity index (χ4v) is 4.79. The van der Waals surface area contributed by atoms with Crippen LogP contribution in [-0.4, -0.2) is 37.5 Å². The van der Waals surface area contributed by atoms with E-state index in [2.05, 4.69) is 0 Å². The predicted octanol–water partition coefficient (Wildman–Crippen LogP) is 9.35. The molecule has 0 saturated heterocycles. The van der Waals surface area contributed by atoms with Gasteiger partial charge in [0.25, 0.3) is 0 Å². The Morgan fingerprint density at radius 1 is 0.561 bits per heavy atom. The zero-order chi connectivity index (χ0) is 30.5. The van der Waals surface area contributed by atoms with Crippen molar-refractivity contribution in [2.24, 2.45) is 0 Å². The molecule has 0 fully saturated rings. The largest absolute Gasteiger partial charge is 0.462 e. The molecule has 0 unspecified atom stereocenters. The van der Waals surface area contributed by atoms with E-state index in [1.54, 1.807) is 0 Å². The molecule has 0 heterocycles. The topological polar surface area (TPSA) is 52.6 Å². The molecule has 0 saturated carbocycles. The van der Waals surface area contributed by atoms with Gasteiger partial charge in [-0.15, -0.1) is 0 Å². The number of rotatable bonds is 16. The summed E-state index contributed by atoms with van der Waals surface area (Å²) in [6.45, 7) is 3.72. The molecule has 4 nitrogen and oxygen atoms in total. The van der Waals surface area contributed by atoms with Crippen molar-refractivity contribution < 1.29 is 45.4 Å². The van der Waals surface area contributed by atoms with Gasteiger partial charge in [-0.25, -0.2) is 9.59 Å². The lowest BCUT2D eigenvalue weighted by atomic mass is 9.69. The summed E-state index contributed by atoms with van der Waals surface area (Å²) in [4.78, 5) is 25.8. The summed E-state index contributed by atoms with van der Waals surface area (Å²) in [5.74, 6) is -2.61. The van der Waals surface area contributed by atoms with Crippen molar-refractivity contribution >= 4 is 11.9 Å². The summed E-state index contributed by atoms with van der Waals surface area (Å²) in [7, 11) is 0. The lowest BCUT2D eigenvalue weighted by molar-refractivity contribution is -0.288. The van der Waals surface area contributed by atoms with Gasteiger partial charge < -0.3 is 9.47 Å². The first-order valence-electron chi connectivity index (χ1n) is 14.1. The number of hydrogen-bond acceptors (Lipinski definition) is 4. The number of ether oxygens (including phenoxy) is 2. The zero-order valence-corrected chi connectivity index (χ0v) is 23.5. The minimum atomic E-state index is -6.00. The number of alkyl halides is 6. The second-order valence-electron chi connectivity index (χ2n) is 9.94. The van der Waals surface area contributed by atoms with Crippen LogP contribution >= 0.6 is 0 Å². The fourth-order valence-electron chi connectivity index (χ4n) is 4.79. The Kier molecular flexibility index (Phi) is 13.2. The first-order valence-corrected chi connectivity index (χ1v) is 14.1. The van der Waals surface area contributed by atoms with E-state index in [-0.39, 0.29) is 13.2 Å². The highest BCUT2D eigenvalue weighted by atomic mass is 19.4. The fraction of sp³-hybridized carbons (Fsp3) is 0.548. The molecule has 0 atom stereocenters. The summed E-state index contributed by atoms with van der Waals surface area (Å²) in [5, 5.41) is 0. The Balaban J connectivity index is 2.56. The molecule has 0 aliphatic rings. The highest BCUT2D eigenvalue weighted by Crippen LogP contribution is 2.57. The highest BCUT2D eigenvalue weighted by Gasteiger charge is 2.74. The standard InChI is InChI=1S/C31H38F6O4/c1-3-5-7-9-15-21-40-27(38)23-17-11-13-19-25(23)29(30(32,33)34,31(35,36)37)26-20-14-12-18-24(26)28(39)41-22-16-10-8-6-4-2/h11-14,17-20H,3-10,15-16,21-22H2,1-2H3. The van der Waals surface area contributed by atoms with Crippen molar-refractivity contribution in [3.63, 3.8) is 0 Å². The van der Waals surface area contributed by atoms with Gasteiger partial charge in [-0.2, -0.15) is 26.3 Å². The molecule has 0 spiro atoms. The molecule has 0 aromatic heterocycles. The van der Waals surface area contributed by atoms with Crippen LogP contribution in [0.3, 0.4) is 0 Å². The van der Waals surface area contributed by atoms with E-state index in [0.29, 0.717) is 37.8 Å². The van der Waals surface area contributed by atoms with Crippen molar-refractivity contribution in [1.82, 2.24) is 0 Å². The van der Waals surface area contributed by atoms with Crippen LogP contribution in [-0.2, 0) is 14.9 Å². The Hall–Kier alpha value is -3.04. The predicted molar refractivity (Wildman–Crippen MR) is 144 cm³/mol. The molecule has 2 aromatic carbocycles. The maximum Gasteiger partial charge on any atom is 0.411 e. The number of benzene rings is 2. The summed E-state index contributed by atoms with van der Waals surface area (Å²) in [6, 6.07) is 7.26. The van der Waals surface area contributed by atoms with Crippen LogP contribution in [0.5, 0.6) is 0 Å². The Morgan fingerprint density at radius 2 is 0.902 bits per heavy atom. The van der Waals surface area contributed by atoms with E-state index < -0.39 is 52.0 Å². The van der Waals surface area contributed by atoms with Gasteiger partial charge >= 0.3 is 24.3 Å². The van der Waals surface area contributed by atoms with Crippen LogP contribution in [0.1, 0.15) is 110 Å². The number of hydrogen-bond donors (Lipinski definition) is 0. The minimum absolute atomic E-state index is 0.150. The van der Waals surface area contributed by atoms with Gasteiger partial charge in [-0.1, -0.05) is 102 Å². The molecule has 2 aromatic rings. The van der Waals surface area contributed by atoms with E-state index in [0.717, 1.165) is 74.9 Å². The molecule has 0 N–H and O–H groups in total. The maximum atomic E-state index is 15.0. The van der Waals surface area contributed by atoms with Crippen molar-refractivity contribution in [3.05, 3.63) is 70.8 Å². The third kappa shape index (κ3) is 8.49. The number of esters is 2. The summed E-state index contributed by atoms with van der Waals surface area (Å²) >= 11 is 0. The van der Waals surface area contributed by atoms with Gasteiger partial charge in [0, 0.05) is 0 Å². The van der Waals surface area contributed by atoms with Crippen LogP contribution in [0, 0.1) is 0 Å². The second-order valence-corrected chi connectivity index (χ2v) is 9.94. The zero-order valence-electron chi connectivity index (χ0n) is 23.5. The molecule has 10 heteroatoms. The SMILES string of the molecule is CCCCCCCOC(=O)c1ccccc1C(c1ccccc1C(=O)OCCCCCCC)(C(F)(F)F)C(F)(F)F. The summed E-state index contributed by atoms with van der Waals surface area (Å²) in [5.41, 5.74) is -9.20. The first-order chi connectivity index (χ1) is 19.4. The van der Waals surface area contributed by atoms with E-state index in [9.17, 15) is 35.9 Å². The molecule has 41 heavy (non-hydrogen) atoms. The quantitative estimate of drug-likeness (QED) is 0.111. The number of unbranched alkanes of at least 4 members (excludes halogenated alkanes) is 8. The van der Waals surface area contributed by atoms with Crippen LogP contribution in [0.2, 0.25) is 0 Å². The van der Waals surface area contributed by atoms with Gasteiger partial charge in [-0.3, -0.25) is 0 Å². The molecular weight excluding hydrogens is 550 g/mol. The first kappa shape index (κ1) is 34.2. The Bertz CT molecular complexity index is 1020. The Morgan fingerprint density at radius 3 is 1.24 bits per heavy atom. The lowest BCUT2D eigenvalue weighted by Gasteiger charge is -2.39. The highest BCUT2D eigenvalue weighted by molar-refractivity contribution is 5.94. The van der Waals surface area contributed by atoms with Crippen LogP contribution in [0.4, 0.5) is 26.3 Å². The summed E-state index contributed by atoms with van der Waals surface area (Å²) in [6.07, 6.45) is -4.18. The van der Waals surface area contributed by atoms with Gasteiger partial charge in [-0.05, 0) is 36.1 Å². The van der Waals surface area contributed by atoms with E-state index in [1.165, 1.54) is 0 Å². The molecule has 0 aliphatic carbocycles.